The van der Waals surface area contributed by atoms with Gasteiger partial charge in [-0.1, -0.05) is 0 Å². The SMILES string of the molecule is CN=C(NCc1cn2ccc(C)cc2n1)N1CCOC(COC)C1. The Balaban J connectivity index is 1.62. The first-order valence-corrected chi connectivity index (χ1v) is 8.20. The van der Waals surface area contributed by atoms with E-state index in [1.807, 2.05) is 16.8 Å². The van der Waals surface area contributed by atoms with Gasteiger partial charge in [-0.05, 0) is 24.6 Å². The molecular formula is C17H25N5O2. The van der Waals surface area contributed by atoms with Crippen LogP contribution in [0.2, 0.25) is 0 Å². The lowest BCUT2D eigenvalue weighted by Gasteiger charge is -2.34. The number of nitrogens with zero attached hydrogens (tertiary/aromatic N) is 4. The van der Waals surface area contributed by atoms with Crippen molar-refractivity contribution in [2.75, 3.05) is 40.5 Å². The van der Waals surface area contributed by atoms with Crippen LogP contribution in [0.15, 0.2) is 29.5 Å². The van der Waals surface area contributed by atoms with Gasteiger partial charge in [0.25, 0.3) is 0 Å². The molecule has 0 radical (unpaired) electrons. The molecule has 2 aromatic rings. The largest absolute Gasteiger partial charge is 0.382 e. The molecule has 0 amide bonds. The van der Waals surface area contributed by atoms with Crippen LogP contribution in [0.1, 0.15) is 11.3 Å². The van der Waals surface area contributed by atoms with Gasteiger partial charge in [0, 0.05) is 39.6 Å². The molecule has 0 saturated carbocycles. The Hall–Kier alpha value is -2.12. The maximum Gasteiger partial charge on any atom is 0.194 e. The van der Waals surface area contributed by atoms with Gasteiger partial charge in [0.15, 0.2) is 5.96 Å². The summed E-state index contributed by atoms with van der Waals surface area (Å²) in [5.41, 5.74) is 3.16. The van der Waals surface area contributed by atoms with Crippen molar-refractivity contribution in [3.8, 4) is 0 Å². The molecule has 0 aromatic carbocycles. The van der Waals surface area contributed by atoms with E-state index in [0.717, 1.165) is 30.4 Å². The summed E-state index contributed by atoms with van der Waals surface area (Å²) in [5, 5.41) is 3.40. The molecule has 1 atom stereocenters. The van der Waals surface area contributed by atoms with Crippen LogP contribution in [0, 0.1) is 6.92 Å². The highest BCUT2D eigenvalue weighted by Crippen LogP contribution is 2.09. The van der Waals surface area contributed by atoms with Crippen molar-refractivity contribution >= 4 is 11.6 Å². The second-order valence-corrected chi connectivity index (χ2v) is 6.00. The third kappa shape index (κ3) is 3.85. The Kier molecular flexibility index (Phi) is 5.32. The van der Waals surface area contributed by atoms with Crippen LogP contribution in [-0.2, 0) is 16.0 Å². The molecule has 24 heavy (non-hydrogen) atoms. The summed E-state index contributed by atoms with van der Waals surface area (Å²) in [6.07, 6.45) is 4.16. The predicted molar refractivity (Wildman–Crippen MR) is 93.3 cm³/mol. The standard InChI is InChI=1S/C17H25N5O2/c1-13-4-5-21-10-14(20-16(21)8-13)9-19-17(18-2)22-6-7-24-15(11-22)12-23-3/h4-5,8,10,15H,6-7,9,11-12H2,1-3H3,(H,18,19). The van der Waals surface area contributed by atoms with Gasteiger partial charge in [-0.2, -0.15) is 0 Å². The number of aryl methyl sites for hydroxylation is 1. The average Bonchev–Trinajstić information content (AvgIpc) is 2.98. The topological polar surface area (TPSA) is 63.4 Å². The number of aromatic nitrogens is 2. The molecule has 7 heteroatoms. The third-order valence-corrected chi connectivity index (χ3v) is 4.10. The molecule has 3 rings (SSSR count). The van der Waals surface area contributed by atoms with Gasteiger partial charge < -0.3 is 24.1 Å². The number of morpholine rings is 1. The molecule has 1 aliphatic rings. The lowest BCUT2D eigenvalue weighted by Crippen LogP contribution is -2.51. The molecule has 7 nitrogen and oxygen atoms in total. The Labute approximate surface area is 142 Å². The fourth-order valence-corrected chi connectivity index (χ4v) is 2.92. The van der Waals surface area contributed by atoms with Crippen LogP contribution in [0.3, 0.4) is 0 Å². The van der Waals surface area contributed by atoms with Crippen LogP contribution >= 0.6 is 0 Å². The minimum absolute atomic E-state index is 0.0838. The minimum Gasteiger partial charge on any atom is -0.382 e. The smallest absolute Gasteiger partial charge is 0.194 e. The molecule has 1 unspecified atom stereocenters. The van der Waals surface area contributed by atoms with Crippen molar-refractivity contribution < 1.29 is 9.47 Å². The van der Waals surface area contributed by atoms with Crippen LogP contribution in [-0.4, -0.2) is 66.8 Å². The number of fused-ring (bicyclic) bond motifs is 1. The fraction of sp³-hybridized carbons (Fsp3) is 0.529. The molecule has 1 saturated heterocycles. The van der Waals surface area contributed by atoms with Crippen molar-refractivity contribution in [1.29, 1.82) is 0 Å². The molecule has 3 heterocycles. The van der Waals surface area contributed by atoms with Gasteiger partial charge in [-0.25, -0.2) is 4.98 Å². The van der Waals surface area contributed by atoms with Gasteiger partial charge >= 0.3 is 0 Å². The number of guanidine groups is 1. The quantitative estimate of drug-likeness (QED) is 0.671. The summed E-state index contributed by atoms with van der Waals surface area (Å²) < 4.78 is 12.9. The molecule has 1 N–H and O–H groups in total. The summed E-state index contributed by atoms with van der Waals surface area (Å²) in [7, 11) is 3.50. The molecule has 130 valence electrons. The highest BCUT2D eigenvalue weighted by molar-refractivity contribution is 5.80. The number of nitrogens with one attached hydrogen (secondary N) is 1. The lowest BCUT2D eigenvalue weighted by atomic mass is 10.3. The molecule has 0 aliphatic carbocycles. The maximum atomic E-state index is 5.69. The van der Waals surface area contributed by atoms with Gasteiger partial charge in [-0.15, -0.1) is 0 Å². The summed E-state index contributed by atoms with van der Waals surface area (Å²) in [5.74, 6) is 0.868. The zero-order valence-corrected chi connectivity index (χ0v) is 14.5. The Morgan fingerprint density at radius 3 is 3.21 bits per heavy atom. The molecule has 0 bridgehead atoms. The number of imidazole rings is 1. The van der Waals surface area contributed by atoms with Crippen molar-refractivity contribution in [2.24, 2.45) is 4.99 Å². The highest BCUT2D eigenvalue weighted by Gasteiger charge is 2.22. The van der Waals surface area contributed by atoms with Crippen LogP contribution in [0.25, 0.3) is 5.65 Å². The van der Waals surface area contributed by atoms with Crippen molar-refractivity contribution in [1.82, 2.24) is 19.6 Å². The number of hydrogen-bond acceptors (Lipinski definition) is 4. The van der Waals surface area contributed by atoms with E-state index in [0.29, 0.717) is 19.8 Å². The Morgan fingerprint density at radius 2 is 2.42 bits per heavy atom. The van der Waals surface area contributed by atoms with E-state index in [-0.39, 0.29) is 6.10 Å². The zero-order valence-electron chi connectivity index (χ0n) is 14.5. The average molecular weight is 331 g/mol. The number of rotatable bonds is 4. The van der Waals surface area contributed by atoms with E-state index >= 15 is 0 Å². The zero-order chi connectivity index (χ0) is 16.9. The first kappa shape index (κ1) is 16.7. The second kappa shape index (κ2) is 7.63. The van der Waals surface area contributed by atoms with Gasteiger partial charge in [0.2, 0.25) is 0 Å². The lowest BCUT2D eigenvalue weighted by molar-refractivity contribution is -0.0447. The number of hydrogen-bond donors (Lipinski definition) is 1. The monoisotopic (exact) mass is 331 g/mol. The van der Waals surface area contributed by atoms with Gasteiger partial charge in [0.1, 0.15) is 5.65 Å². The van der Waals surface area contributed by atoms with Crippen molar-refractivity contribution in [3.05, 3.63) is 35.8 Å². The van der Waals surface area contributed by atoms with Crippen LogP contribution in [0.5, 0.6) is 0 Å². The Morgan fingerprint density at radius 1 is 1.54 bits per heavy atom. The summed E-state index contributed by atoms with van der Waals surface area (Å²) in [4.78, 5) is 11.2. The maximum absolute atomic E-state index is 5.69. The molecule has 1 aliphatic heterocycles. The summed E-state index contributed by atoms with van der Waals surface area (Å²) >= 11 is 0. The van der Waals surface area contributed by atoms with Gasteiger partial charge in [0.05, 0.1) is 31.6 Å². The summed E-state index contributed by atoms with van der Waals surface area (Å²) in [6.45, 7) is 5.59. The van der Waals surface area contributed by atoms with Crippen LogP contribution in [0.4, 0.5) is 0 Å². The van der Waals surface area contributed by atoms with E-state index in [1.54, 1.807) is 14.2 Å². The molecule has 0 spiro atoms. The first-order valence-electron chi connectivity index (χ1n) is 8.20. The second-order valence-electron chi connectivity index (χ2n) is 6.00. The van der Waals surface area contributed by atoms with E-state index in [1.165, 1.54) is 5.56 Å². The van der Waals surface area contributed by atoms with E-state index in [9.17, 15) is 0 Å². The molecule has 2 aromatic heterocycles. The molecule has 1 fully saturated rings. The summed E-state index contributed by atoms with van der Waals surface area (Å²) in [6, 6.07) is 4.16. The normalized spacial score (nSPS) is 19.0. The fourth-order valence-electron chi connectivity index (χ4n) is 2.92. The number of ether oxygens (including phenoxy) is 2. The van der Waals surface area contributed by atoms with E-state index in [2.05, 4.69) is 39.2 Å². The Bertz CT molecular complexity index is 710. The van der Waals surface area contributed by atoms with E-state index in [4.69, 9.17) is 9.47 Å². The number of methoxy groups -OCH3 is 1. The van der Waals surface area contributed by atoms with Gasteiger partial charge in [-0.3, -0.25) is 4.99 Å². The highest BCUT2D eigenvalue weighted by atomic mass is 16.5. The van der Waals surface area contributed by atoms with Crippen molar-refractivity contribution in [3.63, 3.8) is 0 Å². The van der Waals surface area contributed by atoms with Crippen molar-refractivity contribution in [2.45, 2.75) is 19.6 Å². The molecular weight excluding hydrogens is 306 g/mol. The third-order valence-electron chi connectivity index (χ3n) is 4.10. The number of aliphatic imine (C=N–C) groups is 1. The predicted octanol–water partition coefficient (Wildman–Crippen LogP) is 1.07. The number of pyridine rings is 1. The van der Waals surface area contributed by atoms with E-state index < -0.39 is 0 Å². The first-order chi connectivity index (χ1) is 11.7. The van der Waals surface area contributed by atoms with Crippen LogP contribution < -0.4 is 5.32 Å². The minimum atomic E-state index is 0.0838.